The van der Waals surface area contributed by atoms with Gasteiger partial charge in [-0.3, -0.25) is 24.6 Å². The summed E-state index contributed by atoms with van der Waals surface area (Å²) in [7, 11) is -1.86. The number of piperidine rings is 2. The fourth-order valence-corrected chi connectivity index (χ4v) is 8.24. The van der Waals surface area contributed by atoms with Crippen molar-refractivity contribution in [2.75, 3.05) is 44.2 Å². The summed E-state index contributed by atoms with van der Waals surface area (Å²) in [5, 5.41) is 17.6. The lowest BCUT2D eigenvalue weighted by molar-refractivity contribution is -0.120. The fourth-order valence-electron chi connectivity index (χ4n) is 6.76. The first-order valence-electron chi connectivity index (χ1n) is 16.3. The number of carbonyl (C=O) groups is 2. The molecule has 3 N–H and O–H groups in total. The highest BCUT2D eigenvalue weighted by molar-refractivity contribution is 7.89. The van der Waals surface area contributed by atoms with Gasteiger partial charge in [-0.25, -0.2) is 13.2 Å². The van der Waals surface area contributed by atoms with Crippen LogP contribution in [0.1, 0.15) is 62.5 Å². The van der Waals surface area contributed by atoms with E-state index >= 15 is 0 Å². The van der Waals surface area contributed by atoms with E-state index in [4.69, 9.17) is 10.5 Å². The van der Waals surface area contributed by atoms with Crippen LogP contribution in [-0.2, 0) is 21.9 Å². The van der Waals surface area contributed by atoms with Crippen LogP contribution in [-0.4, -0.2) is 90.8 Å². The van der Waals surface area contributed by atoms with E-state index in [1.807, 2.05) is 20.0 Å². The summed E-state index contributed by atoms with van der Waals surface area (Å²) in [5.41, 5.74) is 8.45. The van der Waals surface area contributed by atoms with E-state index in [9.17, 15) is 23.3 Å². The molecule has 3 aliphatic heterocycles. The number of nitriles is 1. The topological polar surface area (TPSA) is 167 Å². The number of benzene rings is 2. The van der Waals surface area contributed by atoms with E-state index in [0.717, 1.165) is 36.8 Å². The van der Waals surface area contributed by atoms with Crippen molar-refractivity contribution < 1.29 is 22.7 Å². The van der Waals surface area contributed by atoms with Crippen molar-refractivity contribution in [1.29, 1.82) is 5.26 Å². The minimum Gasteiger partial charge on any atom is -0.488 e. The number of nitrogens with one attached hydrogen (secondary N) is 1. The average Bonchev–Trinajstić information content (AvgIpc) is 3.39. The second-order valence-electron chi connectivity index (χ2n) is 12.7. The average molecular weight is 663 g/mol. The van der Waals surface area contributed by atoms with Gasteiger partial charge in [0, 0.05) is 57.1 Å². The molecule has 2 aromatic carbocycles. The van der Waals surface area contributed by atoms with Crippen LogP contribution in [0.3, 0.4) is 0 Å². The predicted molar refractivity (Wildman–Crippen MR) is 176 cm³/mol. The lowest BCUT2D eigenvalue weighted by atomic mass is 9.89. The Labute approximate surface area is 275 Å². The van der Waals surface area contributed by atoms with E-state index in [0.29, 0.717) is 68.5 Å². The molecule has 14 heteroatoms. The Hall–Kier alpha value is -4.03. The molecular formula is C33H42N8O5S. The first kappa shape index (κ1) is 32.9. The lowest BCUT2D eigenvalue weighted by Gasteiger charge is -2.34. The quantitative estimate of drug-likeness (QED) is 0.350. The third kappa shape index (κ3) is 6.85. The highest BCUT2D eigenvalue weighted by Crippen LogP contribution is 2.34. The van der Waals surface area contributed by atoms with Gasteiger partial charge in [-0.2, -0.15) is 14.7 Å². The summed E-state index contributed by atoms with van der Waals surface area (Å²) in [5.74, 6) is 0.935. The first-order valence-corrected chi connectivity index (χ1v) is 17.8. The Bertz CT molecular complexity index is 1800. The molecule has 0 saturated carbocycles. The molecule has 3 fully saturated rings. The number of hydrogen-bond donors (Lipinski definition) is 2. The van der Waals surface area contributed by atoms with Gasteiger partial charge in [0.1, 0.15) is 17.9 Å². The van der Waals surface area contributed by atoms with Crippen LogP contribution >= 0.6 is 0 Å². The first-order chi connectivity index (χ1) is 22.6. The predicted octanol–water partition coefficient (Wildman–Crippen LogP) is 3.04. The standard InChI is InChI=1S/C33H42N8O5S/c1-3-26(46-30-19-27(6-4-24(30)20-34)47(44,45)40-15-10-25(35)11-16-40)21-39-13-8-22(9-14-39)23-5-7-28-29(18-23)38(2)37-32(28)41-17-12-31(42)36-33(41)43/h4-7,18-19,22,25-26H,3,8-17,21,35H2,1-2H3,(H,36,42,43). The maximum Gasteiger partial charge on any atom is 0.329 e. The number of sulfonamides is 1. The number of carbonyl (C=O) groups excluding carboxylic acids is 2. The molecule has 3 saturated heterocycles. The second kappa shape index (κ2) is 13.6. The molecule has 1 atom stereocenters. The number of imide groups is 1. The van der Waals surface area contributed by atoms with Gasteiger partial charge in [0.15, 0.2) is 5.82 Å². The van der Waals surface area contributed by atoms with Gasteiger partial charge in [-0.1, -0.05) is 13.0 Å². The van der Waals surface area contributed by atoms with Crippen molar-refractivity contribution in [2.24, 2.45) is 12.8 Å². The smallest absolute Gasteiger partial charge is 0.329 e. The van der Waals surface area contributed by atoms with Crippen molar-refractivity contribution in [3.05, 3.63) is 47.5 Å². The maximum atomic E-state index is 13.4. The molecule has 250 valence electrons. The molecule has 1 unspecified atom stereocenters. The van der Waals surface area contributed by atoms with Crippen LogP contribution in [0.25, 0.3) is 10.9 Å². The highest BCUT2D eigenvalue weighted by atomic mass is 32.2. The Morgan fingerprint density at radius 2 is 1.81 bits per heavy atom. The van der Waals surface area contributed by atoms with E-state index in [1.165, 1.54) is 33.0 Å². The van der Waals surface area contributed by atoms with Crippen LogP contribution in [0.15, 0.2) is 41.3 Å². The minimum absolute atomic E-state index is 0.0137. The number of nitrogens with zero attached hydrogens (tertiary/aromatic N) is 6. The molecule has 0 aliphatic carbocycles. The van der Waals surface area contributed by atoms with Gasteiger partial charge >= 0.3 is 6.03 Å². The molecule has 0 spiro atoms. The van der Waals surface area contributed by atoms with E-state index < -0.39 is 16.1 Å². The lowest BCUT2D eigenvalue weighted by Crippen LogP contribution is -2.49. The second-order valence-corrected chi connectivity index (χ2v) is 14.7. The monoisotopic (exact) mass is 662 g/mol. The number of ether oxygens (including phenoxy) is 1. The number of urea groups is 1. The zero-order chi connectivity index (χ0) is 33.3. The van der Waals surface area contributed by atoms with Crippen LogP contribution < -0.4 is 20.7 Å². The van der Waals surface area contributed by atoms with Crippen molar-refractivity contribution in [3.63, 3.8) is 0 Å². The number of fused-ring (bicyclic) bond motifs is 1. The SMILES string of the molecule is CCC(CN1CCC(c2ccc3c(N4CCC(=O)NC4=O)nn(C)c3c2)CC1)Oc1cc(S(=O)(=O)N2CCC(N)CC2)ccc1C#N. The molecule has 1 aromatic heterocycles. The van der Waals surface area contributed by atoms with Crippen LogP contribution in [0, 0.1) is 11.3 Å². The van der Waals surface area contributed by atoms with Crippen molar-refractivity contribution in [2.45, 2.75) is 68.4 Å². The summed E-state index contributed by atoms with van der Waals surface area (Å²) in [6.07, 6.45) is 3.89. The maximum absolute atomic E-state index is 13.4. The Kier molecular flexibility index (Phi) is 9.52. The molecule has 0 bridgehead atoms. The number of nitrogens with two attached hydrogens (primary N) is 1. The van der Waals surface area contributed by atoms with Crippen LogP contribution in [0.4, 0.5) is 10.6 Å². The zero-order valence-electron chi connectivity index (χ0n) is 26.9. The Morgan fingerprint density at radius 3 is 2.49 bits per heavy atom. The van der Waals surface area contributed by atoms with Gasteiger partial charge in [-0.05, 0) is 80.9 Å². The number of aryl methyl sites for hydroxylation is 1. The Morgan fingerprint density at radius 1 is 1.06 bits per heavy atom. The number of amides is 3. The van der Waals surface area contributed by atoms with Crippen LogP contribution in [0.2, 0.25) is 0 Å². The molecule has 6 rings (SSSR count). The van der Waals surface area contributed by atoms with E-state index in [1.54, 1.807) is 4.68 Å². The van der Waals surface area contributed by atoms with Gasteiger partial charge < -0.3 is 10.5 Å². The number of rotatable bonds is 9. The van der Waals surface area contributed by atoms with E-state index in [-0.39, 0.29) is 29.4 Å². The third-order valence-corrected chi connectivity index (χ3v) is 11.5. The molecule has 47 heavy (non-hydrogen) atoms. The van der Waals surface area contributed by atoms with Crippen LogP contribution in [0.5, 0.6) is 5.75 Å². The largest absolute Gasteiger partial charge is 0.488 e. The normalized spacial score (nSPS) is 19.9. The summed E-state index contributed by atoms with van der Waals surface area (Å²) in [6.45, 7) is 5.50. The Balaban J connectivity index is 1.09. The van der Waals surface area contributed by atoms with Crippen molar-refractivity contribution >= 4 is 38.7 Å². The third-order valence-electron chi connectivity index (χ3n) is 9.65. The highest BCUT2D eigenvalue weighted by Gasteiger charge is 2.31. The summed E-state index contributed by atoms with van der Waals surface area (Å²) >= 11 is 0. The molecule has 3 aromatic rings. The number of hydrogen-bond acceptors (Lipinski definition) is 9. The minimum atomic E-state index is -3.72. The summed E-state index contributed by atoms with van der Waals surface area (Å²) < 4.78 is 36.3. The van der Waals surface area contributed by atoms with E-state index in [2.05, 4.69) is 33.5 Å². The number of likely N-dealkylation sites (tertiary alicyclic amines) is 1. The summed E-state index contributed by atoms with van der Waals surface area (Å²) in [4.78, 5) is 28.1. The van der Waals surface area contributed by atoms with Gasteiger partial charge in [0.25, 0.3) is 0 Å². The number of anilines is 1. The molecule has 3 aliphatic rings. The molecular weight excluding hydrogens is 620 g/mol. The van der Waals surface area contributed by atoms with Gasteiger partial charge in [-0.15, -0.1) is 0 Å². The zero-order valence-corrected chi connectivity index (χ0v) is 27.7. The molecule has 4 heterocycles. The molecule has 13 nitrogen and oxygen atoms in total. The fraction of sp³-hybridized carbons (Fsp3) is 0.515. The van der Waals surface area contributed by atoms with Gasteiger partial charge in [0.05, 0.1) is 16.0 Å². The van der Waals surface area contributed by atoms with Crippen molar-refractivity contribution in [1.82, 2.24) is 24.3 Å². The molecule has 3 amide bonds. The van der Waals surface area contributed by atoms with Gasteiger partial charge in [0.2, 0.25) is 15.9 Å². The number of aromatic nitrogens is 2. The van der Waals surface area contributed by atoms with Crippen molar-refractivity contribution in [3.8, 4) is 11.8 Å². The molecule has 0 radical (unpaired) electrons. The summed E-state index contributed by atoms with van der Waals surface area (Å²) in [6, 6.07) is 12.5.